The maximum Gasteiger partial charge on any atom is 0.261 e. The fourth-order valence-corrected chi connectivity index (χ4v) is 5.04. The van der Waals surface area contributed by atoms with E-state index in [1.807, 2.05) is 24.3 Å². The standard InChI is InChI=1S/C27H18N2O4/c1-15(29-26(32)20-12-4-8-17-9-5-13-21(23(17)20)27(29)33)14-28-24(30)18-10-2-6-16-7-3-11-19(22(16)18)25(28)31/h2-13,15H,14H2,1H3/t15-/m1/s1. The lowest BCUT2D eigenvalue weighted by atomic mass is 9.92. The summed E-state index contributed by atoms with van der Waals surface area (Å²) in [5, 5.41) is 2.93. The highest BCUT2D eigenvalue weighted by molar-refractivity contribution is 6.27. The molecule has 1 atom stereocenters. The molecule has 2 aliphatic rings. The van der Waals surface area contributed by atoms with Crippen LogP contribution in [0, 0.1) is 0 Å². The van der Waals surface area contributed by atoms with E-state index in [1.54, 1.807) is 55.5 Å². The van der Waals surface area contributed by atoms with Gasteiger partial charge in [0.25, 0.3) is 23.6 Å². The van der Waals surface area contributed by atoms with Crippen molar-refractivity contribution < 1.29 is 19.2 Å². The van der Waals surface area contributed by atoms with Crippen LogP contribution in [0.15, 0.2) is 72.8 Å². The Kier molecular flexibility index (Phi) is 4.01. The molecule has 4 aromatic rings. The van der Waals surface area contributed by atoms with Crippen molar-refractivity contribution in [2.24, 2.45) is 0 Å². The van der Waals surface area contributed by atoms with Gasteiger partial charge in [-0.2, -0.15) is 0 Å². The first-order valence-electron chi connectivity index (χ1n) is 10.7. The van der Waals surface area contributed by atoms with E-state index in [-0.39, 0.29) is 6.54 Å². The van der Waals surface area contributed by atoms with Gasteiger partial charge in [0.2, 0.25) is 0 Å². The molecule has 0 N–H and O–H groups in total. The van der Waals surface area contributed by atoms with E-state index in [1.165, 1.54) is 4.90 Å². The molecule has 0 aromatic heterocycles. The van der Waals surface area contributed by atoms with Crippen molar-refractivity contribution in [3.63, 3.8) is 0 Å². The quantitative estimate of drug-likeness (QED) is 0.451. The molecule has 4 aromatic carbocycles. The summed E-state index contributed by atoms with van der Waals surface area (Å²) < 4.78 is 0. The first-order chi connectivity index (χ1) is 16.0. The second-order valence-electron chi connectivity index (χ2n) is 8.47. The minimum absolute atomic E-state index is 0.0853. The number of carbonyl (C=O) groups is 4. The van der Waals surface area contributed by atoms with Crippen LogP contribution in [0.4, 0.5) is 0 Å². The molecule has 160 valence electrons. The molecule has 2 heterocycles. The van der Waals surface area contributed by atoms with Crippen molar-refractivity contribution >= 4 is 45.2 Å². The average molecular weight is 434 g/mol. The number of benzene rings is 4. The molecule has 33 heavy (non-hydrogen) atoms. The Hall–Kier alpha value is -4.32. The molecule has 4 amide bonds. The Morgan fingerprint density at radius 2 is 0.939 bits per heavy atom. The molecule has 6 nitrogen and oxygen atoms in total. The van der Waals surface area contributed by atoms with Crippen molar-refractivity contribution in [3.05, 3.63) is 95.1 Å². The Bertz CT molecular complexity index is 1450. The minimum atomic E-state index is -0.703. The first-order valence-corrected chi connectivity index (χ1v) is 10.7. The lowest BCUT2D eigenvalue weighted by Crippen LogP contribution is -2.53. The van der Waals surface area contributed by atoms with Crippen LogP contribution in [0.2, 0.25) is 0 Å². The summed E-state index contributed by atoms with van der Waals surface area (Å²) >= 11 is 0. The fraction of sp³-hybridized carbons (Fsp3) is 0.111. The summed E-state index contributed by atoms with van der Waals surface area (Å²) in [4.78, 5) is 55.5. The van der Waals surface area contributed by atoms with Crippen LogP contribution < -0.4 is 0 Å². The van der Waals surface area contributed by atoms with Crippen molar-refractivity contribution in [1.82, 2.24) is 9.80 Å². The van der Waals surface area contributed by atoms with Crippen molar-refractivity contribution in [3.8, 4) is 0 Å². The fourth-order valence-electron chi connectivity index (χ4n) is 5.04. The summed E-state index contributed by atoms with van der Waals surface area (Å²) in [6.45, 7) is 1.60. The van der Waals surface area contributed by atoms with Crippen molar-refractivity contribution in [2.45, 2.75) is 13.0 Å². The van der Waals surface area contributed by atoms with E-state index < -0.39 is 29.7 Å². The van der Waals surface area contributed by atoms with Gasteiger partial charge in [0, 0.05) is 33.0 Å². The zero-order valence-electron chi connectivity index (χ0n) is 17.7. The Balaban J connectivity index is 1.38. The molecule has 0 saturated carbocycles. The largest absolute Gasteiger partial charge is 0.272 e. The third kappa shape index (κ3) is 2.61. The van der Waals surface area contributed by atoms with Gasteiger partial charge in [-0.15, -0.1) is 0 Å². The molecule has 0 spiro atoms. The SMILES string of the molecule is C[C@H](CN1C(=O)c2cccc3cccc(c23)C1=O)N1C(=O)c2cccc3cccc(c23)C1=O. The minimum Gasteiger partial charge on any atom is -0.272 e. The smallest absolute Gasteiger partial charge is 0.261 e. The second kappa shape index (κ2) is 6.84. The summed E-state index contributed by atoms with van der Waals surface area (Å²) in [7, 11) is 0. The molecule has 6 heteroatoms. The Morgan fingerprint density at radius 3 is 1.33 bits per heavy atom. The highest BCUT2D eigenvalue weighted by atomic mass is 16.2. The van der Waals surface area contributed by atoms with Gasteiger partial charge in [-0.05, 0) is 42.0 Å². The van der Waals surface area contributed by atoms with E-state index in [0.717, 1.165) is 15.7 Å². The van der Waals surface area contributed by atoms with Gasteiger partial charge in [0.15, 0.2) is 0 Å². The number of imide groups is 2. The Morgan fingerprint density at radius 1 is 0.576 bits per heavy atom. The van der Waals surface area contributed by atoms with E-state index in [9.17, 15) is 19.2 Å². The monoisotopic (exact) mass is 434 g/mol. The van der Waals surface area contributed by atoms with Crippen molar-refractivity contribution in [2.75, 3.05) is 6.54 Å². The number of hydrogen-bond acceptors (Lipinski definition) is 4. The van der Waals surface area contributed by atoms with E-state index in [2.05, 4.69) is 0 Å². The summed E-state index contributed by atoms with van der Waals surface area (Å²) in [6.07, 6.45) is 0. The Labute approximate surface area is 189 Å². The molecule has 0 bridgehead atoms. The lowest BCUT2D eigenvalue weighted by Gasteiger charge is -2.35. The molecule has 6 rings (SSSR count). The van der Waals surface area contributed by atoms with Crippen LogP contribution in [0.5, 0.6) is 0 Å². The van der Waals surface area contributed by atoms with Crippen molar-refractivity contribution in [1.29, 1.82) is 0 Å². The predicted octanol–water partition coefficient (Wildman–Crippen LogP) is 4.27. The molecular formula is C27H18N2O4. The molecule has 0 unspecified atom stereocenters. The summed E-state index contributed by atoms with van der Waals surface area (Å²) in [6, 6.07) is 20.7. The third-order valence-electron chi connectivity index (χ3n) is 6.55. The zero-order chi connectivity index (χ0) is 22.9. The third-order valence-corrected chi connectivity index (χ3v) is 6.55. The number of nitrogens with zero attached hydrogens (tertiary/aromatic N) is 2. The zero-order valence-corrected chi connectivity index (χ0v) is 17.7. The van der Waals surface area contributed by atoms with Crippen LogP contribution in [0.25, 0.3) is 21.5 Å². The molecule has 0 fully saturated rings. The average Bonchev–Trinajstić information content (AvgIpc) is 2.83. The molecule has 0 aliphatic carbocycles. The topological polar surface area (TPSA) is 74.8 Å². The molecule has 0 saturated heterocycles. The van der Waals surface area contributed by atoms with Crippen LogP contribution in [-0.2, 0) is 0 Å². The number of carbonyl (C=O) groups excluding carboxylic acids is 4. The van der Waals surface area contributed by atoms with Crippen LogP contribution in [0.3, 0.4) is 0 Å². The maximum atomic E-state index is 13.3. The van der Waals surface area contributed by atoms with Gasteiger partial charge in [-0.25, -0.2) is 0 Å². The van der Waals surface area contributed by atoms with Gasteiger partial charge in [0.05, 0.1) is 12.6 Å². The number of rotatable bonds is 3. The highest BCUT2D eigenvalue weighted by Crippen LogP contribution is 2.33. The second-order valence-corrected chi connectivity index (χ2v) is 8.47. The molecular weight excluding hydrogens is 416 g/mol. The van der Waals surface area contributed by atoms with E-state index in [4.69, 9.17) is 0 Å². The number of hydrogen-bond donors (Lipinski definition) is 0. The van der Waals surface area contributed by atoms with E-state index >= 15 is 0 Å². The normalized spacial score (nSPS) is 16.2. The lowest BCUT2D eigenvalue weighted by molar-refractivity contribution is 0.0444. The van der Waals surface area contributed by atoms with Gasteiger partial charge in [0.1, 0.15) is 0 Å². The molecule has 0 radical (unpaired) electrons. The highest BCUT2D eigenvalue weighted by Gasteiger charge is 2.39. The van der Waals surface area contributed by atoms with Gasteiger partial charge < -0.3 is 0 Å². The van der Waals surface area contributed by atoms with Crippen LogP contribution in [0.1, 0.15) is 48.4 Å². The van der Waals surface area contributed by atoms with Crippen LogP contribution >= 0.6 is 0 Å². The van der Waals surface area contributed by atoms with E-state index in [0.29, 0.717) is 33.0 Å². The number of amides is 4. The maximum absolute atomic E-state index is 13.3. The molecule has 2 aliphatic heterocycles. The van der Waals surface area contributed by atoms with Gasteiger partial charge >= 0.3 is 0 Å². The van der Waals surface area contributed by atoms with Gasteiger partial charge in [-0.1, -0.05) is 48.5 Å². The van der Waals surface area contributed by atoms with Crippen LogP contribution in [-0.4, -0.2) is 46.0 Å². The van der Waals surface area contributed by atoms with Gasteiger partial charge in [-0.3, -0.25) is 29.0 Å². The first kappa shape index (κ1) is 19.4. The predicted molar refractivity (Wildman–Crippen MR) is 123 cm³/mol. The summed E-state index contributed by atoms with van der Waals surface area (Å²) in [5.41, 5.74) is 1.78. The summed E-state index contributed by atoms with van der Waals surface area (Å²) in [5.74, 6) is -1.68.